The van der Waals surface area contributed by atoms with Crippen molar-refractivity contribution in [2.75, 3.05) is 0 Å². The summed E-state index contributed by atoms with van der Waals surface area (Å²) in [6, 6.07) is 11.6. The number of hydrogen-bond acceptors (Lipinski definition) is 3. The molecule has 0 unspecified atom stereocenters. The van der Waals surface area contributed by atoms with Crippen molar-refractivity contribution in [1.29, 1.82) is 0 Å². The van der Waals surface area contributed by atoms with Gasteiger partial charge in [-0.15, -0.1) is 11.8 Å². The van der Waals surface area contributed by atoms with Gasteiger partial charge in [0.1, 0.15) is 5.82 Å². The Morgan fingerprint density at radius 1 is 0.962 bits per heavy atom. The van der Waals surface area contributed by atoms with Crippen LogP contribution in [0.5, 0.6) is 0 Å². The molecule has 5 heteroatoms. The SMILES string of the molecule is Cc1ccc(SCc2ccc(B3OC(C)(C)C(C)(C)O3)cc2F)c(C)c1. The Balaban J connectivity index is 1.72. The van der Waals surface area contributed by atoms with E-state index in [1.165, 1.54) is 16.0 Å². The van der Waals surface area contributed by atoms with Gasteiger partial charge in [-0.25, -0.2) is 4.39 Å². The summed E-state index contributed by atoms with van der Waals surface area (Å²) in [7, 11) is -0.532. The summed E-state index contributed by atoms with van der Waals surface area (Å²) >= 11 is 1.66. The minimum Gasteiger partial charge on any atom is -0.399 e. The normalized spacial score (nSPS) is 18.3. The lowest BCUT2D eigenvalue weighted by molar-refractivity contribution is 0.00578. The maximum Gasteiger partial charge on any atom is 0.494 e. The third-order valence-electron chi connectivity index (χ3n) is 5.32. The Bertz CT molecular complexity index is 804. The zero-order valence-corrected chi connectivity index (χ0v) is 17.2. The van der Waals surface area contributed by atoms with Gasteiger partial charge in [-0.1, -0.05) is 29.8 Å². The summed E-state index contributed by atoms with van der Waals surface area (Å²) in [5, 5.41) is 0. The van der Waals surface area contributed by atoms with Crippen molar-refractivity contribution in [2.45, 2.75) is 63.4 Å². The van der Waals surface area contributed by atoms with Crippen LogP contribution in [0.3, 0.4) is 0 Å². The molecule has 0 atom stereocenters. The van der Waals surface area contributed by atoms with Gasteiger partial charge in [0.05, 0.1) is 11.2 Å². The zero-order valence-electron chi connectivity index (χ0n) is 16.4. The van der Waals surface area contributed by atoms with Crippen LogP contribution in [-0.4, -0.2) is 18.3 Å². The number of rotatable bonds is 4. The number of halogens is 1. The van der Waals surface area contributed by atoms with Crippen molar-refractivity contribution < 1.29 is 13.7 Å². The van der Waals surface area contributed by atoms with Gasteiger partial charge < -0.3 is 9.31 Å². The summed E-state index contributed by atoms with van der Waals surface area (Å²) in [4.78, 5) is 1.19. The van der Waals surface area contributed by atoms with E-state index in [2.05, 4.69) is 32.0 Å². The van der Waals surface area contributed by atoms with Gasteiger partial charge in [0, 0.05) is 10.6 Å². The molecule has 26 heavy (non-hydrogen) atoms. The van der Waals surface area contributed by atoms with Crippen molar-refractivity contribution in [1.82, 2.24) is 0 Å². The Morgan fingerprint density at radius 2 is 1.62 bits per heavy atom. The van der Waals surface area contributed by atoms with Gasteiger partial charge in [-0.2, -0.15) is 0 Å². The van der Waals surface area contributed by atoms with Crippen molar-refractivity contribution in [3.63, 3.8) is 0 Å². The highest BCUT2D eigenvalue weighted by Crippen LogP contribution is 2.36. The number of hydrogen-bond donors (Lipinski definition) is 0. The van der Waals surface area contributed by atoms with Crippen molar-refractivity contribution in [3.05, 3.63) is 58.9 Å². The Morgan fingerprint density at radius 3 is 2.19 bits per heavy atom. The van der Waals surface area contributed by atoms with Gasteiger partial charge >= 0.3 is 7.12 Å². The van der Waals surface area contributed by atoms with Gasteiger partial charge in [-0.3, -0.25) is 0 Å². The topological polar surface area (TPSA) is 18.5 Å². The third kappa shape index (κ3) is 3.85. The van der Waals surface area contributed by atoms with Crippen LogP contribution in [0.4, 0.5) is 4.39 Å². The first-order valence-electron chi connectivity index (χ1n) is 8.93. The van der Waals surface area contributed by atoms with Crippen LogP contribution in [0.2, 0.25) is 0 Å². The Hall–Kier alpha value is -1.30. The number of aryl methyl sites for hydroxylation is 2. The molecular weight excluding hydrogens is 346 g/mol. The van der Waals surface area contributed by atoms with Crippen molar-refractivity contribution in [3.8, 4) is 0 Å². The lowest BCUT2D eigenvalue weighted by Crippen LogP contribution is -2.41. The monoisotopic (exact) mass is 372 g/mol. The maximum absolute atomic E-state index is 14.6. The fourth-order valence-corrected chi connectivity index (χ4v) is 3.92. The first-order chi connectivity index (χ1) is 12.1. The molecule has 0 spiro atoms. The largest absolute Gasteiger partial charge is 0.494 e. The summed E-state index contributed by atoms with van der Waals surface area (Å²) in [6.07, 6.45) is 0. The van der Waals surface area contributed by atoms with E-state index in [1.807, 2.05) is 39.8 Å². The second kappa shape index (κ2) is 7.03. The lowest BCUT2D eigenvalue weighted by atomic mass is 9.79. The van der Waals surface area contributed by atoms with E-state index in [0.717, 1.165) is 5.46 Å². The second-order valence-electron chi connectivity index (χ2n) is 8.00. The van der Waals surface area contributed by atoms with Crippen LogP contribution < -0.4 is 5.46 Å². The molecule has 2 nitrogen and oxygen atoms in total. The average molecular weight is 372 g/mol. The first kappa shape index (κ1) is 19.5. The minimum atomic E-state index is -0.532. The molecule has 1 heterocycles. The van der Waals surface area contributed by atoms with E-state index in [1.54, 1.807) is 17.8 Å². The van der Waals surface area contributed by atoms with Gasteiger partial charge in [0.15, 0.2) is 0 Å². The molecule has 0 radical (unpaired) electrons. The number of thioether (sulfide) groups is 1. The van der Waals surface area contributed by atoms with E-state index >= 15 is 0 Å². The predicted molar refractivity (Wildman–Crippen MR) is 108 cm³/mol. The molecule has 1 saturated heterocycles. The Kier molecular flexibility index (Phi) is 5.26. The second-order valence-corrected chi connectivity index (χ2v) is 9.01. The van der Waals surface area contributed by atoms with E-state index in [-0.39, 0.29) is 5.82 Å². The van der Waals surface area contributed by atoms with Gasteiger partial charge in [0.25, 0.3) is 0 Å². The van der Waals surface area contributed by atoms with Crippen molar-refractivity contribution >= 4 is 24.3 Å². The summed E-state index contributed by atoms with van der Waals surface area (Å²) < 4.78 is 26.6. The van der Waals surface area contributed by atoms with E-state index < -0.39 is 18.3 Å². The van der Waals surface area contributed by atoms with Crippen LogP contribution in [-0.2, 0) is 15.1 Å². The highest BCUT2D eigenvalue weighted by Gasteiger charge is 2.51. The fourth-order valence-electron chi connectivity index (χ4n) is 2.92. The molecule has 0 amide bonds. The van der Waals surface area contributed by atoms with Crippen LogP contribution in [0.15, 0.2) is 41.3 Å². The van der Waals surface area contributed by atoms with E-state index in [0.29, 0.717) is 11.3 Å². The van der Waals surface area contributed by atoms with E-state index in [4.69, 9.17) is 9.31 Å². The van der Waals surface area contributed by atoms with Crippen molar-refractivity contribution in [2.24, 2.45) is 0 Å². The molecule has 0 saturated carbocycles. The van der Waals surface area contributed by atoms with E-state index in [9.17, 15) is 4.39 Å². The molecule has 0 aliphatic carbocycles. The first-order valence-corrected chi connectivity index (χ1v) is 9.92. The molecule has 0 bridgehead atoms. The summed E-state index contributed by atoms with van der Waals surface area (Å²) in [5.74, 6) is 0.383. The van der Waals surface area contributed by atoms with Crippen LogP contribution in [0.1, 0.15) is 44.4 Å². The highest BCUT2D eigenvalue weighted by atomic mass is 32.2. The van der Waals surface area contributed by atoms with Crippen LogP contribution in [0.25, 0.3) is 0 Å². The zero-order chi connectivity index (χ0) is 19.1. The number of benzene rings is 2. The molecule has 1 aliphatic rings. The fraction of sp³-hybridized carbons (Fsp3) is 0.429. The van der Waals surface area contributed by atoms with Gasteiger partial charge in [0.2, 0.25) is 0 Å². The minimum absolute atomic E-state index is 0.213. The molecule has 1 fully saturated rings. The molecular formula is C21H26BFO2S. The van der Waals surface area contributed by atoms with Crippen LogP contribution >= 0.6 is 11.8 Å². The summed E-state index contributed by atoms with van der Waals surface area (Å²) in [5.41, 5.74) is 3.03. The molecule has 0 N–H and O–H groups in total. The standard InChI is InChI=1S/C21H26BFO2S/c1-14-7-10-19(15(2)11-14)26-13-16-8-9-17(12-18(16)23)22-24-20(3,4)21(5,6)25-22/h7-12H,13H2,1-6H3. The smallest absolute Gasteiger partial charge is 0.399 e. The molecule has 1 aliphatic heterocycles. The lowest BCUT2D eigenvalue weighted by Gasteiger charge is -2.32. The molecule has 2 aromatic carbocycles. The van der Waals surface area contributed by atoms with Crippen LogP contribution in [0, 0.1) is 19.7 Å². The molecule has 138 valence electrons. The maximum atomic E-state index is 14.6. The quantitative estimate of drug-likeness (QED) is 0.554. The van der Waals surface area contributed by atoms with Gasteiger partial charge in [-0.05, 0) is 70.3 Å². The molecule has 2 aromatic rings. The summed E-state index contributed by atoms with van der Waals surface area (Å²) in [6.45, 7) is 12.2. The molecule has 0 aromatic heterocycles. The molecule has 3 rings (SSSR count). The Labute approximate surface area is 160 Å². The third-order valence-corrected chi connectivity index (χ3v) is 6.54. The highest BCUT2D eigenvalue weighted by molar-refractivity contribution is 7.98. The average Bonchev–Trinajstić information content (AvgIpc) is 2.75. The predicted octanol–water partition coefficient (Wildman–Crippen LogP) is 5.03.